The Morgan fingerprint density at radius 2 is 1.80 bits per heavy atom. The number of rotatable bonds is 5. The van der Waals surface area contributed by atoms with Gasteiger partial charge in [-0.25, -0.2) is 0 Å². The van der Waals surface area contributed by atoms with Gasteiger partial charge in [0.15, 0.2) is 0 Å². The molecule has 0 aliphatic carbocycles. The molecule has 4 rings (SSSR count). The number of benzene rings is 3. The Hall–Kier alpha value is -3.80. The van der Waals surface area contributed by atoms with Crippen LogP contribution in [0.1, 0.15) is 17.2 Å². The topological polar surface area (TPSA) is 70.7 Å². The molecule has 152 valence electrons. The smallest absolute Gasteiger partial charge is 0.251 e. The molecule has 2 N–H and O–H groups in total. The summed E-state index contributed by atoms with van der Waals surface area (Å²) in [4.78, 5) is 27.8. The molecule has 3 aromatic rings. The largest absolute Gasteiger partial charge is 0.495 e. The van der Waals surface area contributed by atoms with Crippen LogP contribution in [0.2, 0.25) is 0 Å². The van der Waals surface area contributed by atoms with E-state index in [2.05, 4.69) is 10.6 Å². The Bertz CT molecular complexity index is 1080. The van der Waals surface area contributed by atoms with E-state index >= 15 is 0 Å². The number of hydrogen-bond acceptors (Lipinski definition) is 4. The van der Waals surface area contributed by atoms with Crippen molar-refractivity contribution in [3.63, 3.8) is 0 Å². The van der Waals surface area contributed by atoms with Crippen molar-refractivity contribution in [2.75, 3.05) is 29.2 Å². The van der Waals surface area contributed by atoms with Crippen molar-refractivity contribution in [2.24, 2.45) is 0 Å². The SMILES string of the molecule is COc1ccc(C)cc1NC(=O)C(c1ccccc1)N1CC(=O)Nc2ccccc21. The molecule has 0 fully saturated rings. The zero-order valence-corrected chi connectivity index (χ0v) is 16.9. The van der Waals surface area contributed by atoms with E-state index in [9.17, 15) is 9.59 Å². The Morgan fingerprint density at radius 3 is 2.57 bits per heavy atom. The van der Waals surface area contributed by atoms with Crippen LogP contribution in [0.25, 0.3) is 0 Å². The van der Waals surface area contributed by atoms with Crippen LogP contribution in [-0.2, 0) is 9.59 Å². The summed E-state index contributed by atoms with van der Waals surface area (Å²) in [6.07, 6.45) is 0. The number of hydrogen-bond donors (Lipinski definition) is 2. The highest BCUT2D eigenvalue weighted by molar-refractivity contribution is 6.05. The van der Waals surface area contributed by atoms with Crippen molar-refractivity contribution in [1.29, 1.82) is 0 Å². The lowest BCUT2D eigenvalue weighted by Gasteiger charge is -2.36. The minimum atomic E-state index is -0.691. The summed E-state index contributed by atoms with van der Waals surface area (Å²) in [6, 6.07) is 21.9. The summed E-state index contributed by atoms with van der Waals surface area (Å²) < 4.78 is 5.41. The van der Waals surface area contributed by atoms with Crippen LogP contribution >= 0.6 is 0 Å². The van der Waals surface area contributed by atoms with Crippen molar-refractivity contribution in [3.05, 3.63) is 83.9 Å². The van der Waals surface area contributed by atoms with E-state index < -0.39 is 6.04 Å². The molecule has 0 saturated carbocycles. The first-order valence-corrected chi connectivity index (χ1v) is 9.73. The maximum absolute atomic E-state index is 13.6. The molecular weight excluding hydrogens is 378 g/mol. The number of para-hydroxylation sites is 2. The predicted molar refractivity (Wildman–Crippen MR) is 118 cm³/mol. The van der Waals surface area contributed by atoms with Crippen LogP contribution in [-0.4, -0.2) is 25.5 Å². The number of aryl methyl sites for hydroxylation is 1. The van der Waals surface area contributed by atoms with Crippen LogP contribution in [0, 0.1) is 6.92 Å². The molecule has 1 atom stereocenters. The molecule has 0 saturated heterocycles. The molecule has 0 spiro atoms. The standard InChI is InChI=1S/C24H23N3O3/c1-16-12-13-21(30-2)19(14-16)26-24(29)23(17-8-4-3-5-9-17)27-15-22(28)25-18-10-6-7-11-20(18)27/h3-14,23H,15H2,1-2H3,(H,25,28)(H,26,29). The molecule has 1 aliphatic heterocycles. The third-order valence-corrected chi connectivity index (χ3v) is 5.09. The quantitative estimate of drug-likeness (QED) is 0.674. The average molecular weight is 401 g/mol. The van der Waals surface area contributed by atoms with Gasteiger partial charge in [-0.2, -0.15) is 0 Å². The number of nitrogens with zero attached hydrogens (tertiary/aromatic N) is 1. The van der Waals surface area contributed by atoms with Crippen molar-refractivity contribution in [3.8, 4) is 5.75 Å². The molecular formula is C24H23N3O3. The van der Waals surface area contributed by atoms with E-state index in [1.54, 1.807) is 7.11 Å². The molecule has 0 aromatic heterocycles. The third-order valence-electron chi connectivity index (χ3n) is 5.09. The number of methoxy groups -OCH3 is 1. The van der Waals surface area contributed by atoms with E-state index in [1.807, 2.05) is 84.6 Å². The molecule has 6 heteroatoms. The predicted octanol–water partition coefficient (Wildman–Crippen LogP) is 4.14. The van der Waals surface area contributed by atoms with Gasteiger partial charge in [0, 0.05) is 0 Å². The van der Waals surface area contributed by atoms with Crippen molar-refractivity contribution < 1.29 is 14.3 Å². The van der Waals surface area contributed by atoms with Crippen LogP contribution < -0.4 is 20.3 Å². The van der Waals surface area contributed by atoms with Gasteiger partial charge in [-0.15, -0.1) is 0 Å². The second kappa shape index (κ2) is 8.29. The monoisotopic (exact) mass is 401 g/mol. The number of ether oxygens (including phenoxy) is 1. The van der Waals surface area contributed by atoms with Gasteiger partial charge in [0.25, 0.3) is 5.91 Å². The molecule has 6 nitrogen and oxygen atoms in total. The highest BCUT2D eigenvalue weighted by Gasteiger charge is 2.33. The zero-order chi connectivity index (χ0) is 21.1. The Kier molecular flexibility index (Phi) is 5.39. The lowest BCUT2D eigenvalue weighted by molar-refractivity contribution is -0.118. The first-order chi connectivity index (χ1) is 14.6. The fraction of sp³-hybridized carbons (Fsp3) is 0.167. The number of fused-ring (bicyclic) bond motifs is 1. The molecule has 1 heterocycles. The first kappa shape index (κ1) is 19.5. The fourth-order valence-corrected chi connectivity index (χ4v) is 3.72. The second-order valence-corrected chi connectivity index (χ2v) is 7.20. The molecule has 0 bridgehead atoms. The molecule has 2 amide bonds. The number of amides is 2. The van der Waals surface area contributed by atoms with Crippen molar-refractivity contribution >= 4 is 28.9 Å². The summed E-state index contributed by atoms with van der Waals surface area (Å²) in [7, 11) is 1.57. The second-order valence-electron chi connectivity index (χ2n) is 7.20. The lowest BCUT2D eigenvalue weighted by atomic mass is 10.0. The fourth-order valence-electron chi connectivity index (χ4n) is 3.72. The van der Waals surface area contributed by atoms with E-state index in [4.69, 9.17) is 4.74 Å². The lowest BCUT2D eigenvalue weighted by Crippen LogP contribution is -2.45. The molecule has 1 aliphatic rings. The Balaban J connectivity index is 1.76. The normalized spacial score (nSPS) is 13.8. The van der Waals surface area contributed by atoms with Gasteiger partial charge in [-0.1, -0.05) is 48.5 Å². The number of carbonyl (C=O) groups is 2. The highest BCUT2D eigenvalue weighted by atomic mass is 16.5. The van der Waals surface area contributed by atoms with E-state index in [-0.39, 0.29) is 18.4 Å². The van der Waals surface area contributed by atoms with Gasteiger partial charge in [0.2, 0.25) is 5.91 Å². The van der Waals surface area contributed by atoms with Crippen LogP contribution in [0.4, 0.5) is 17.1 Å². The minimum absolute atomic E-state index is 0.0783. The van der Waals surface area contributed by atoms with Crippen LogP contribution in [0.5, 0.6) is 5.75 Å². The van der Waals surface area contributed by atoms with Crippen LogP contribution in [0.15, 0.2) is 72.8 Å². The van der Waals surface area contributed by atoms with Crippen molar-refractivity contribution in [1.82, 2.24) is 0 Å². The average Bonchev–Trinajstić information content (AvgIpc) is 2.75. The molecule has 0 radical (unpaired) electrons. The summed E-state index contributed by atoms with van der Waals surface area (Å²) in [5, 5.41) is 5.88. The van der Waals surface area contributed by atoms with Gasteiger partial charge in [0.1, 0.15) is 11.8 Å². The number of anilines is 3. The summed E-state index contributed by atoms with van der Waals surface area (Å²) >= 11 is 0. The molecule has 30 heavy (non-hydrogen) atoms. The zero-order valence-electron chi connectivity index (χ0n) is 16.9. The van der Waals surface area contributed by atoms with E-state index in [0.717, 1.165) is 16.8 Å². The molecule has 1 unspecified atom stereocenters. The number of carbonyl (C=O) groups excluding carboxylic acids is 2. The van der Waals surface area contributed by atoms with Gasteiger partial charge >= 0.3 is 0 Å². The third kappa shape index (κ3) is 3.85. The minimum Gasteiger partial charge on any atom is -0.495 e. The van der Waals surface area contributed by atoms with Gasteiger partial charge in [-0.05, 0) is 42.3 Å². The maximum Gasteiger partial charge on any atom is 0.251 e. The van der Waals surface area contributed by atoms with Crippen LogP contribution in [0.3, 0.4) is 0 Å². The maximum atomic E-state index is 13.6. The summed E-state index contributed by atoms with van der Waals surface area (Å²) in [5.41, 5.74) is 3.89. The highest BCUT2D eigenvalue weighted by Crippen LogP contribution is 2.36. The van der Waals surface area contributed by atoms with E-state index in [0.29, 0.717) is 17.1 Å². The van der Waals surface area contributed by atoms with Crippen molar-refractivity contribution in [2.45, 2.75) is 13.0 Å². The summed E-state index contributed by atoms with van der Waals surface area (Å²) in [5.74, 6) is 0.183. The van der Waals surface area contributed by atoms with Gasteiger partial charge in [-0.3, -0.25) is 9.59 Å². The van der Waals surface area contributed by atoms with Gasteiger partial charge < -0.3 is 20.3 Å². The molecule has 3 aromatic carbocycles. The first-order valence-electron chi connectivity index (χ1n) is 9.73. The van der Waals surface area contributed by atoms with E-state index in [1.165, 1.54) is 0 Å². The number of nitrogens with one attached hydrogen (secondary N) is 2. The van der Waals surface area contributed by atoms with Gasteiger partial charge in [0.05, 0.1) is 30.7 Å². The Labute approximate surface area is 175 Å². The Morgan fingerprint density at radius 1 is 1.07 bits per heavy atom. The summed E-state index contributed by atoms with van der Waals surface area (Å²) in [6.45, 7) is 2.03.